The predicted octanol–water partition coefficient (Wildman–Crippen LogP) is 1.56. The average Bonchev–Trinajstić information content (AvgIpc) is 2.76. The fraction of sp³-hybridized carbons (Fsp3) is 0.200. The molecule has 2 rings (SSSR count). The number of aromatic amines is 1. The van der Waals surface area contributed by atoms with E-state index in [1.54, 1.807) is 0 Å². The third-order valence-corrected chi connectivity index (χ3v) is 2.69. The zero-order chi connectivity index (χ0) is 10.5. The molecule has 0 unspecified atom stereocenters. The molecule has 0 bridgehead atoms. The number of hydrogen-bond acceptors (Lipinski definition) is 4. The Bertz CT molecular complexity index is 416. The molecule has 78 valence electrons. The Morgan fingerprint density at radius 1 is 1.20 bits per heavy atom. The molecule has 0 spiro atoms. The van der Waals surface area contributed by atoms with Crippen LogP contribution in [-0.4, -0.2) is 32.6 Å². The van der Waals surface area contributed by atoms with Gasteiger partial charge in [0.1, 0.15) is 0 Å². The Kier molecular flexibility index (Phi) is 3.37. The molecule has 0 saturated carbocycles. The van der Waals surface area contributed by atoms with Crippen molar-refractivity contribution in [2.24, 2.45) is 0 Å². The van der Waals surface area contributed by atoms with E-state index in [1.165, 1.54) is 11.8 Å². The number of thioether (sulfide) groups is 1. The maximum absolute atomic E-state index is 8.67. The molecule has 0 atom stereocenters. The smallest absolute Gasteiger partial charge is 0.188 e. The van der Waals surface area contributed by atoms with Gasteiger partial charge in [0.15, 0.2) is 11.0 Å². The van der Waals surface area contributed by atoms with Crippen molar-refractivity contribution >= 4 is 11.8 Å². The number of nitrogens with zero attached hydrogens (tertiary/aromatic N) is 2. The fourth-order valence-electron chi connectivity index (χ4n) is 1.18. The molecule has 1 aromatic heterocycles. The van der Waals surface area contributed by atoms with Gasteiger partial charge in [-0.15, -0.1) is 10.2 Å². The van der Waals surface area contributed by atoms with Crippen LogP contribution in [0.25, 0.3) is 11.4 Å². The first-order chi connectivity index (χ1) is 7.40. The maximum Gasteiger partial charge on any atom is 0.188 e. The Labute approximate surface area is 91.8 Å². The van der Waals surface area contributed by atoms with Crippen LogP contribution in [0.15, 0.2) is 35.5 Å². The minimum absolute atomic E-state index is 0.145. The van der Waals surface area contributed by atoms with Crippen LogP contribution in [-0.2, 0) is 0 Å². The molecular formula is C10H11N3OS. The average molecular weight is 221 g/mol. The SMILES string of the molecule is OCCSc1nnc(-c2ccccc2)[nH]1. The van der Waals surface area contributed by atoms with Crippen LogP contribution in [0, 0.1) is 0 Å². The van der Waals surface area contributed by atoms with E-state index in [0.717, 1.165) is 16.5 Å². The summed E-state index contributed by atoms with van der Waals surface area (Å²) in [4.78, 5) is 3.09. The molecule has 1 heterocycles. The number of benzene rings is 1. The molecular weight excluding hydrogens is 210 g/mol. The number of nitrogens with one attached hydrogen (secondary N) is 1. The normalized spacial score (nSPS) is 10.5. The van der Waals surface area contributed by atoms with Gasteiger partial charge in [0.25, 0.3) is 0 Å². The van der Waals surface area contributed by atoms with Crippen molar-refractivity contribution in [1.82, 2.24) is 15.2 Å². The molecule has 0 aliphatic rings. The van der Waals surface area contributed by atoms with Crippen LogP contribution >= 0.6 is 11.8 Å². The maximum atomic E-state index is 8.67. The van der Waals surface area contributed by atoms with Crippen LogP contribution in [0.5, 0.6) is 0 Å². The van der Waals surface area contributed by atoms with Gasteiger partial charge < -0.3 is 10.1 Å². The van der Waals surface area contributed by atoms with Crippen LogP contribution in [0.1, 0.15) is 0 Å². The van der Waals surface area contributed by atoms with E-state index >= 15 is 0 Å². The van der Waals surface area contributed by atoms with Gasteiger partial charge in [-0.1, -0.05) is 42.1 Å². The Morgan fingerprint density at radius 3 is 2.73 bits per heavy atom. The lowest BCUT2D eigenvalue weighted by Crippen LogP contribution is -1.86. The van der Waals surface area contributed by atoms with E-state index in [1.807, 2.05) is 30.3 Å². The summed E-state index contributed by atoms with van der Waals surface area (Å²) in [5.74, 6) is 1.39. The van der Waals surface area contributed by atoms with E-state index < -0.39 is 0 Å². The summed E-state index contributed by atoms with van der Waals surface area (Å²) >= 11 is 1.46. The van der Waals surface area contributed by atoms with Crippen molar-refractivity contribution in [3.05, 3.63) is 30.3 Å². The molecule has 2 aromatic rings. The van der Waals surface area contributed by atoms with Crippen molar-refractivity contribution in [2.45, 2.75) is 5.16 Å². The standard InChI is InChI=1S/C10H11N3OS/c14-6-7-15-10-11-9(12-13-10)8-4-2-1-3-5-8/h1-5,14H,6-7H2,(H,11,12,13). The number of H-pyrrole nitrogens is 1. The summed E-state index contributed by atoms with van der Waals surface area (Å²) in [6.07, 6.45) is 0. The van der Waals surface area contributed by atoms with Crippen molar-refractivity contribution in [3.8, 4) is 11.4 Å². The lowest BCUT2D eigenvalue weighted by molar-refractivity contribution is 0.322. The second-order valence-electron chi connectivity index (χ2n) is 2.92. The minimum Gasteiger partial charge on any atom is -0.396 e. The van der Waals surface area contributed by atoms with E-state index in [-0.39, 0.29) is 6.61 Å². The summed E-state index contributed by atoms with van der Waals surface area (Å²) in [7, 11) is 0. The molecule has 0 aliphatic carbocycles. The Morgan fingerprint density at radius 2 is 2.00 bits per heavy atom. The van der Waals surface area contributed by atoms with Gasteiger partial charge in [-0.3, -0.25) is 0 Å². The summed E-state index contributed by atoms with van der Waals surface area (Å²) < 4.78 is 0. The quantitative estimate of drug-likeness (QED) is 0.769. The predicted molar refractivity (Wildman–Crippen MR) is 59.6 cm³/mol. The second-order valence-corrected chi connectivity index (χ2v) is 4.00. The van der Waals surface area contributed by atoms with Gasteiger partial charge in [0.05, 0.1) is 6.61 Å². The lowest BCUT2D eigenvalue weighted by atomic mass is 10.2. The van der Waals surface area contributed by atoms with Crippen LogP contribution in [0.2, 0.25) is 0 Å². The molecule has 0 saturated heterocycles. The summed E-state index contributed by atoms with van der Waals surface area (Å²) in [5.41, 5.74) is 1.01. The second kappa shape index (κ2) is 4.95. The summed E-state index contributed by atoms with van der Waals surface area (Å²) in [5, 5.41) is 17.4. The monoisotopic (exact) mass is 221 g/mol. The van der Waals surface area contributed by atoms with Crippen molar-refractivity contribution in [2.75, 3.05) is 12.4 Å². The van der Waals surface area contributed by atoms with Crippen molar-refractivity contribution < 1.29 is 5.11 Å². The van der Waals surface area contributed by atoms with Gasteiger partial charge >= 0.3 is 0 Å². The van der Waals surface area contributed by atoms with E-state index in [4.69, 9.17) is 5.11 Å². The molecule has 0 amide bonds. The van der Waals surface area contributed by atoms with Crippen molar-refractivity contribution in [3.63, 3.8) is 0 Å². The Balaban J connectivity index is 2.14. The van der Waals surface area contributed by atoms with Gasteiger partial charge in [-0.05, 0) is 0 Å². The van der Waals surface area contributed by atoms with Crippen LogP contribution in [0.4, 0.5) is 0 Å². The number of aromatic nitrogens is 3. The largest absolute Gasteiger partial charge is 0.396 e. The third-order valence-electron chi connectivity index (χ3n) is 1.84. The van der Waals surface area contributed by atoms with Gasteiger partial charge in [0.2, 0.25) is 0 Å². The molecule has 2 N–H and O–H groups in total. The molecule has 0 radical (unpaired) electrons. The molecule has 4 nitrogen and oxygen atoms in total. The zero-order valence-corrected chi connectivity index (χ0v) is 8.87. The first-order valence-corrected chi connectivity index (χ1v) is 5.60. The topological polar surface area (TPSA) is 61.8 Å². The molecule has 5 heteroatoms. The number of rotatable bonds is 4. The van der Waals surface area contributed by atoms with Crippen LogP contribution in [0.3, 0.4) is 0 Å². The van der Waals surface area contributed by atoms with Crippen molar-refractivity contribution in [1.29, 1.82) is 0 Å². The van der Waals surface area contributed by atoms with E-state index in [9.17, 15) is 0 Å². The third kappa shape index (κ3) is 2.57. The van der Waals surface area contributed by atoms with Gasteiger partial charge in [0, 0.05) is 11.3 Å². The first kappa shape index (κ1) is 10.2. The molecule has 0 aliphatic heterocycles. The summed E-state index contributed by atoms with van der Waals surface area (Å²) in [6.45, 7) is 0.145. The minimum atomic E-state index is 0.145. The highest BCUT2D eigenvalue weighted by atomic mass is 32.2. The number of aliphatic hydroxyl groups excluding tert-OH is 1. The zero-order valence-electron chi connectivity index (χ0n) is 8.05. The molecule has 1 aromatic carbocycles. The van der Waals surface area contributed by atoms with E-state index in [0.29, 0.717) is 5.75 Å². The number of aliphatic hydroxyl groups is 1. The first-order valence-electron chi connectivity index (χ1n) is 4.62. The summed E-state index contributed by atoms with van der Waals surface area (Å²) in [6, 6.07) is 9.82. The van der Waals surface area contributed by atoms with E-state index in [2.05, 4.69) is 15.2 Å². The highest BCUT2D eigenvalue weighted by molar-refractivity contribution is 7.99. The lowest BCUT2D eigenvalue weighted by Gasteiger charge is -1.93. The van der Waals surface area contributed by atoms with Crippen LogP contribution < -0.4 is 0 Å². The number of hydrogen-bond donors (Lipinski definition) is 2. The Hall–Kier alpha value is -1.33. The highest BCUT2D eigenvalue weighted by Crippen LogP contribution is 2.18. The van der Waals surface area contributed by atoms with Gasteiger partial charge in [-0.25, -0.2) is 0 Å². The highest BCUT2D eigenvalue weighted by Gasteiger charge is 2.04. The molecule has 15 heavy (non-hydrogen) atoms. The molecule has 0 fully saturated rings. The van der Waals surface area contributed by atoms with Gasteiger partial charge in [-0.2, -0.15) is 0 Å². The fourth-order valence-corrected chi connectivity index (χ4v) is 1.73.